The maximum atomic E-state index is 12.7. The molecular weight excluding hydrogens is 500 g/mol. The van der Waals surface area contributed by atoms with E-state index >= 15 is 0 Å². The van der Waals surface area contributed by atoms with E-state index in [0.29, 0.717) is 17.2 Å². The summed E-state index contributed by atoms with van der Waals surface area (Å²) in [6.45, 7) is 8.33. The highest BCUT2D eigenvalue weighted by Crippen LogP contribution is 2.37. The summed E-state index contributed by atoms with van der Waals surface area (Å²) in [6, 6.07) is 13.7. The first-order valence-corrected chi connectivity index (χ1v) is 13.7. The van der Waals surface area contributed by atoms with Gasteiger partial charge in [-0.3, -0.25) is 9.59 Å². The minimum atomic E-state index is -0.529. The van der Waals surface area contributed by atoms with Crippen molar-refractivity contribution in [2.75, 3.05) is 48.3 Å². The normalized spacial score (nSPS) is 22.8. The number of aromatic nitrogens is 1. The number of nitrogens with two attached hydrogens (primary N) is 1. The monoisotopic (exact) mass is 534 g/mol. The fourth-order valence-electron chi connectivity index (χ4n) is 5.27. The second kappa shape index (κ2) is 10.4. The van der Waals surface area contributed by atoms with Gasteiger partial charge in [-0.15, -0.1) is 11.3 Å². The molecule has 0 aliphatic carbocycles. The Balaban J connectivity index is 1.18. The standard InChI is InChI=1S/C28H34N6O3S/c1-17-13-34(14-18(2)37-17)21-7-5-6-19(10-21)23-15-38-27(31-23)32-25(35)12-30-26(36)20-8-9-24-22(11-20)28(3,29)16-33(24)4/h5-11,15,17-18H,12-14,16,29H2,1-4H3,(H,30,36)(H,31,32,35)/t17-,18+,28-/m0/s1. The van der Waals surface area contributed by atoms with Gasteiger partial charge in [-0.1, -0.05) is 12.1 Å². The van der Waals surface area contributed by atoms with E-state index in [4.69, 9.17) is 10.5 Å². The van der Waals surface area contributed by atoms with Gasteiger partial charge >= 0.3 is 0 Å². The van der Waals surface area contributed by atoms with Gasteiger partial charge in [0.15, 0.2) is 5.13 Å². The van der Waals surface area contributed by atoms with Gasteiger partial charge in [0.1, 0.15) is 0 Å². The van der Waals surface area contributed by atoms with E-state index in [2.05, 4.69) is 51.4 Å². The Hall–Kier alpha value is -3.47. The molecule has 0 spiro atoms. The predicted molar refractivity (Wildman–Crippen MR) is 152 cm³/mol. The lowest BCUT2D eigenvalue weighted by Gasteiger charge is -2.37. The molecule has 9 nitrogen and oxygen atoms in total. The van der Waals surface area contributed by atoms with Crippen LogP contribution >= 0.6 is 11.3 Å². The van der Waals surface area contributed by atoms with Crippen molar-refractivity contribution < 1.29 is 14.3 Å². The number of hydrogen-bond donors (Lipinski definition) is 3. The van der Waals surface area contributed by atoms with E-state index in [1.807, 2.05) is 43.6 Å². The largest absolute Gasteiger partial charge is 0.372 e. The molecule has 3 heterocycles. The molecule has 4 N–H and O–H groups in total. The summed E-state index contributed by atoms with van der Waals surface area (Å²) in [4.78, 5) is 34.3. The van der Waals surface area contributed by atoms with Crippen molar-refractivity contribution in [2.24, 2.45) is 5.73 Å². The maximum Gasteiger partial charge on any atom is 0.251 e. The number of ether oxygens (including phenoxy) is 1. The Labute approximate surface area is 227 Å². The highest BCUT2D eigenvalue weighted by molar-refractivity contribution is 7.14. The summed E-state index contributed by atoms with van der Waals surface area (Å²) < 4.78 is 5.86. The first-order valence-electron chi connectivity index (χ1n) is 12.8. The summed E-state index contributed by atoms with van der Waals surface area (Å²) in [6.07, 6.45) is 0.350. The van der Waals surface area contributed by atoms with Crippen molar-refractivity contribution in [3.05, 3.63) is 59.0 Å². The number of morpholine rings is 1. The SMILES string of the molecule is C[C@@H]1CN(c2cccc(-c3csc(NC(=O)CNC(=O)c4ccc5c(c4)[C@@](C)(N)CN5C)n3)c2)C[C@H](C)O1. The van der Waals surface area contributed by atoms with Crippen molar-refractivity contribution in [1.29, 1.82) is 0 Å². The van der Waals surface area contributed by atoms with Gasteiger partial charge in [-0.05, 0) is 56.7 Å². The minimum Gasteiger partial charge on any atom is -0.372 e. The van der Waals surface area contributed by atoms with Gasteiger partial charge in [0.2, 0.25) is 5.91 Å². The second-order valence-corrected chi connectivity index (χ2v) is 11.3. The lowest BCUT2D eigenvalue weighted by Crippen LogP contribution is -2.45. The highest BCUT2D eigenvalue weighted by Gasteiger charge is 2.34. The van der Waals surface area contributed by atoms with E-state index in [9.17, 15) is 9.59 Å². The molecule has 2 aromatic carbocycles. The van der Waals surface area contributed by atoms with Gasteiger partial charge in [-0.2, -0.15) is 0 Å². The van der Waals surface area contributed by atoms with Crippen molar-refractivity contribution in [3.63, 3.8) is 0 Å². The van der Waals surface area contributed by atoms with E-state index in [1.165, 1.54) is 11.3 Å². The van der Waals surface area contributed by atoms with Crippen molar-refractivity contribution >= 4 is 39.7 Å². The zero-order chi connectivity index (χ0) is 27.0. The molecule has 1 aromatic heterocycles. The molecule has 3 aromatic rings. The molecule has 200 valence electrons. The van der Waals surface area contributed by atoms with Gasteiger partial charge in [0.25, 0.3) is 5.91 Å². The summed E-state index contributed by atoms with van der Waals surface area (Å²) in [5.74, 6) is -0.662. The fraction of sp³-hybridized carbons (Fsp3) is 0.393. The van der Waals surface area contributed by atoms with E-state index in [0.717, 1.165) is 41.3 Å². The molecule has 1 fully saturated rings. The van der Waals surface area contributed by atoms with Crippen LogP contribution in [0.2, 0.25) is 0 Å². The molecule has 2 amide bonds. The lowest BCUT2D eigenvalue weighted by atomic mass is 9.94. The number of benzene rings is 2. The molecular formula is C28H34N6O3S. The minimum absolute atomic E-state index is 0.159. The van der Waals surface area contributed by atoms with E-state index in [1.54, 1.807) is 6.07 Å². The number of carbonyl (C=O) groups excluding carboxylic acids is 2. The Bertz CT molecular complexity index is 1350. The molecule has 2 aliphatic rings. The number of rotatable bonds is 6. The highest BCUT2D eigenvalue weighted by atomic mass is 32.1. The third kappa shape index (κ3) is 5.52. The lowest BCUT2D eigenvalue weighted by molar-refractivity contribution is -0.115. The van der Waals surface area contributed by atoms with E-state index in [-0.39, 0.29) is 30.6 Å². The predicted octanol–water partition coefficient (Wildman–Crippen LogP) is 3.42. The number of amides is 2. The Morgan fingerprint density at radius 3 is 2.71 bits per heavy atom. The Morgan fingerprint density at radius 1 is 1.18 bits per heavy atom. The zero-order valence-electron chi connectivity index (χ0n) is 22.2. The van der Waals surface area contributed by atoms with Crippen LogP contribution in [0.3, 0.4) is 0 Å². The zero-order valence-corrected chi connectivity index (χ0v) is 23.0. The van der Waals surface area contributed by atoms with Crippen LogP contribution in [0.4, 0.5) is 16.5 Å². The summed E-state index contributed by atoms with van der Waals surface area (Å²) >= 11 is 1.35. The number of anilines is 3. The third-order valence-corrected chi connectivity index (χ3v) is 7.70. The molecule has 10 heteroatoms. The van der Waals surface area contributed by atoms with Gasteiger partial charge < -0.3 is 30.9 Å². The number of nitrogens with zero attached hydrogens (tertiary/aromatic N) is 3. The van der Waals surface area contributed by atoms with Gasteiger partial charge in [0.05, 0.1) is 30.0 Å². The molecule has 3 atom stereocenters. The molecule has 1 saturated heterocycles. The van der Waals surface area contributed by atoms with Crippen LogP contribution in [0.5, 0.6) is 0 Å². The summed E-state index contributed by atoms with van der Waals surface area (Å²) in [5.41, 5.74) is 11.2. The molecule has 5 rings (SSSR count). The average molecular weight is 535 g/mol. The number of hydrogen-bond acceptors (Lipinski definition) is 8. The van der Waals surface area contributed by atoms with E-state index < -0.39 is 5.54 Å². The van der Waals surface area contributed by atoms with Gasteiger partial charge in [-0.25, -0.2) is 4.98 Å². The first-order chi connectivity index (χ1) is 18.1. The van der Waals surface area contributed by atoms with Crippen LogP contribution in [0, 0.1) is 0 Å². The van der Waals surface area contributed by atoms with Crippen LogP contribution in [0.25, 0.3) is 11.3 Å². The summed E-state index contributed by atoms with van der Waals surface area (Å²) in [5, 5.41) is 7.89. The second-order valence-electron chi connectivity index (χ2n) is 10.5. The molecule has 0 unspecified atom stereocenters. The van der Waals surface area contributed by atoms with Crippen LogP contribution < -0.4 is 26.2 Å². The molecule has 0 radical (unpaired) electrons. The van der Waals surface area contributed by atoms with Crippen molar-refractivity contribution in [3.8, 4) is 11.3 Å². The Kier molecular flexibility index (Phi) is 7.13. The average Bonchev–Trinajstić information content (AvgIpc) is 3.43. The maximum absolute atomic E-state index is 12.7. The number of likely N-dealkylation sites (N-methyl/N-ethyl adjacent to an activating group) is 1. The quantitative estimate of drug-likeness (QED) is 0.444. The van der Waals surface area contributed by atoms with Gasteiger partial charge in [0, 0.05) is 54.6 Å². The molecule has 38 heavy (non-hydrogen) atoms. The number of fused-ring (bicyclic) bond motifs is 1. The molecule has 2 aliphatic heterocycles. The van der Waals surface area contributed by atoms with Crippen LogP contribution in [0.1, 0.15) is 36.7 Å². The van der Waals surface area contributed by atoms with Crippen LogP contribution in [-0.4, -0.2) is 62.2 Å². The molecule has 0 bridgehead atoms. The van der Waals surface area contributed by atoms with Crippen LogP contribution in [0.15, 0.2) is 47.8 Å². The smallest absolute Gasteiger partial charge is 0.251 e. The van der Waals surface area contributed by atoms with Crippen LogP contribution in [-0.2, 0) is 15.1 Å². The molecule has 0 saturated carbocycles. The first kappa shape index (κ1) is 26.1. The fourth-order valence-corrected chi connectivity index (χ4v) is 6.01. The van der Waals surface area contributed by atoms with Crippen molar-refractivity contribution in [1.82, 2.24) is 10.3 Å². The van der Waals surface area contributed by atoms with Crippen molar-refractivity contribution in [2.45, 2.75) is 38.5 Å². The summed E-state index contributed by atoms with van der Waals surface area (Å²) in [7, 11) is 1.98. The number of nitrogens with one attached hydrogen (secondary N) is 2. The number of thiazole rings is 1. The number of carbonyl (C=O) groups is 2. The Morgan fingerprint density at radius 2 is 1.95 bits per heavy atom. The third-order valence-electron chi connectivity index (χ3n) is 6.94. The topological polar surface area (TPSA) is 113 Å².